The molecule has 0 atom stereocenters. The third-order valence-corrected chi connectivity index (χ3v) is 5.56. The van der Waals surface area contributed by atoms with Crippen LogP contribution in [-0.2, 0) is 17.8 Å². The Balaban J connectivity index is 1.33. The Morgan fingerprint density at radius 1 is 0.943 bits per heavy atom. The molecule has 0 saturated heterocycles. The highest BCUT2D eigenvalue weighted by molar-refractivity contribution is 5.91. The van der Waals surface area contributed by atoms with Gasteiger partial charge in [0.2, 0.25) is 5.91 Å². The number of rotatable bonds is 12. The Bertz CT molecular complexity index is 1260. The van der Waals surface area contributed by atoms with Crippen LogP contribution in [0.5, 0.6) is 11.5 Å². The van der Waals surface area contributed by atoms with Crippen molar-refractivity contribution in [1.82, 2.24) is 14.9 Å². The van der Waals surface area contributed by atoms with E-state index in [1.54, 1.807) is 6.08 Å². The Kier molecular flexibility index (Phi) is 8.54. The summed E-state index contributed by atoms with van der Waals surface area (Å²) in [6.45, 7) is 4.30. The van der Waals surface area contributed by atoms with Crippen molar-refractivity contribution in [3.8, 4) is 11.5 Å². The van der Waals surface area contributed by atoms with Gasteiger partial charge in [0, 0.05) is 19.0 Å². The first-order valence-electron chi connectivity index (χ1n) is 12.0. The molecule has 0 bridgehead atoms. The van der Waals surface area contributed by atoms with Gasteiger partial charge in [-0.3, -0.25) is 4.79 Å². The largest absolute Gasteiger partial charge is 0.490 e. The fourth-order valence-electron chi connectivity index (χ4n) is 3.91. The van der Waals surface area contributed by atoms with E-state index in [0.29, 0.717) is 26.3 Å². The van der Waals surface area contributed by atoms with E-state index in [1.165, 1.54) is 0 Å². The molecule has 1 N–H and O–H groups in total. The van der Waals surface area contributed by atoms with Crippen molar-refractivity contribution in [3.05, 3.63) is 96.3 Å². The molecule has 0 aliphatic heterocycles. The van der Waals surface area contributed by atoms with E-state index >= 15 is 0 Å². The highest BCUT2D eigenvalue weighted by atomic mass is 16.5. The van der Waals surface area contributed by atoms with E-state index in [-0.39, 0.29) is 5.91 Å². The van der Waals surface area contributed by atoms with Gasteiger partial charge in [0.25, 0.3) is 0 Å². The minimum absolute atomic E-state index is 0.0938. The van der Waals surface area contributed by atoms with Gasteiger partial charge in [-0.2, -0.15) is 0 Å². The van der Waals surface area contributed by atoms with Crippen LogP contribution in [0.1, 0.15) is 24.7 Å². The fraction of sp³-hybridized carbons (Fsp3) is 0.241. The lowest BCUT2D eigenvalue weighted by atomic mass is 10.2. The Morgan fingerprint density at radius 3 is 2.46 bits per heavy atom. The summed E-state index contributed by atoms with van der Waals surface area (Å²) in [4.78, 5) is 17.0. The number of para-hydroxylation sites is 4. The molecule has 0 saturated carbocycles. The number of ether oxygens (including phenoxy) is 2. The summed E-state index contributed by atoms with van der Waals surface area (Å²) in [5, 5.41) is 2.96. The number of benzene rings is 3. The number of fused-ring (bicyclic) bond motifs is 1. The van der Waals surface area contributed by atoms with Gasteiger partial charge in [-0.05, 0) is 49.2 Å². The van der Waals surface area contributed by atoms with E-state index in [1.807, 2.05) is 85.8 Å². The van der Waals surface area contributed by atoms with Crippen molar-refractivity contribution in [2.24, 2.45) is 0 Å². The first-order valence-corrected chi connectivity index (χ1v) is 12.0. The number of hydrogen-bond acceptors (Lipinski definition) is 4. The van der Waals surface area contributed by atoms with Crippen LogP contribution in [-0.4, -0.2) is 35.2 Å². The molecule has 0 unspecified atom stereocenters. The number of nitrogens with zero attached hydrogens (tertiary/aromatic N) is 2. The molecule has 1 heterocycles. The Labute approximate surface area is 206 Å². The van der Waals surface area contributed by atoms with Gasteiger partial charge < -0.3 is 19.4 Å². The predicted molar refractivity (Wildman–Crippen MR) is 140 cm³/mol. The Hall–Kier alpha value is -4.06. The first-order chi connectivity index (χ1) is 17.2. The molecule has 6 nitrogen and oxygen atoms in total. The molecule has 35 heavy (non-hydrogen) atoms. The summed E-state index contributed by atoms with van der Waals surface area (Å²) in [5.74, 6) is 2.39. The highest BCUT2D eigenvalue weighted by Crippen LogP contribution is 2.26. The van der Waals surface area contributed by atoms with Crippen molar-refractivity contribution in [1.29, 1.82) is 0 Å². The number of carbonyl (C=O) groups is 1. The maximum Gasteiger partial charge on any atom is 0.243 e. The van der Waals surface area contributed by atoms with Gasteiger partial charge in [0.15, 0.2) is 11.5 Å². The van der Waals surface area contributed by atoms with Crippen LogP contribution >= 0.6 is 0 Å². The zero-order valence-corrected chi connectivity index (χ0v) is 20.0. The summed E-state index contributed by atoms with van der Waals surface area (Å²) in [5.41, 5.74) is 3.05. The molecule has 1 amide bonds. The predicted octanol–water partition coefficient (Wildman–Crippen LogP) is 5.28. The van der Waals surface area contributed by atoms with Gasteiger partial charge >= 0.3 is 0 Å². The molecule has 0 radical (unpaired) electrons. The van der Waals surface area contributed by atoms with Crippen LogP contribution in [0, 0.1) is 0 Å². The van der Waals surface area contributed by atoms with Crippen molar-refractivity contribution in [2.45, 2.75) is 26.3 Å². The first kappa shape index (κ1) is 24.1. The average Bonchev–Trinajstić information content (AvgIpc) is 3.24. The second-order valence-electron chi connectivity index (χ2n) is 8.04. The third kappa shape index (κ3) is 6.73. The van der Waals surface area contributed by atoms with E-state index in [0.717, 1.165) is 46.8 Å². The van der Waals surface area contributed by atoms with Crippen LogP contribution in [0.25, 0.3) is 17.1 Å². The zero-order chi connectivity index (χ0) is 24.3. The molecule has 0 spiro atoms. The van der Waals surface area contributed by atoms with Crippen LogP contribution < -0.4 is 14.8 Å². The molecular formula is C29H31N3O3. The summed E-state index contributed by atoms with van der Waals surface area (Å²) >= 11 is 0. The third-order valence-electron chi connectivity index (χ3n) is 5.56. The maximum atomic E-state index is 12.1. The minimum Gasteiger partial charge on any atom is -0.490 e. The normalized spacial score (nSPS) is 11.1. The van der Waals surface area contributed by atoms with Crippen molar-refractivity contribution in [2.75, 3.05) is 19.8 Å². The van der Waals surface area contributed by atoms with Crippen LogP contribution in [0.2, 0.25) is 0 Å². The highest BCUT2D eigenvalue weighted by Gasteiger charge is 2.11. The van der Waals surface area contributed by atoms with Gasteiger partial charge in [0.1, 0.15) is 12.4 Å². The minimum atomic E-state index is -0.0938. The molecule has 3 aromatic carbocycles. The van der Waals surface area contributed by atoms with Crippen LogP contribution in [0.4, 0.5) is 0 Å². The second kappa shape index (κ2) is 12.4. The lowest BCUT2D eigenvalue weighted by Crippen LogP contribution is -2.23. The fourth-order valence-corrected chi connectivity index (χ4v) is 3.91. The number of carbonyl (C=O) groups excluding carboxylic acids is 1. The van der Waals surface area contributed by atoms with Gasteiger partial charge in [-0.25, -0.2) is 4.98 Å². The molecule has 4 aromatic rings. The quantitative estimate of drug-likeness (QED) is 0.227. The molecule has 0 fully saturated rings. The van der Waals surface area contributed by atoms with Crippen molar-refractivity contribution >= 4 is 23.0 Å². The summed E-state index contributed by atoms with van der Waals surface area (Å²) in [6, 6.07) is 25.6. The average molecular weight is 470 g/mol. The molecule has 0 aliphatic carbocycles. The number of aryl methyl sites for hydroxylation is 1. The van der Waals surface area contributed by atoms with Gasteiger partial charge in [0.05, 0.1) is 24.2 Å². The molecule has 1 aromatic heterocycles. The number of nitrogens with one attached hydrogen (secondary N) is 1. The lowest BCUT2D eigenvalue weighted by molar-refractivity contribution is -0.116. The molecular weight excluding hydrogens is 438 g/mol. The number of amides is 1. The van der Waals surface area contributed by atoms with Crippen LogP contribution in [0.15, 0.2) is 84.9 Å². The molecule has 6 heteroatoms. The number of imidazole rings is 1. The summed E-state index contributed by atoms with van der Waals surface area (Å²) < 4.78 is 13.9. The zero-order valence-electron chi connectivity index (χ0n) is 20.0. The molecule has 180 valence electrons. The summed E-state index contributed by atoms with van der Waals surface area (Å²) in [7, 11) is 0. The van der Waals surface area contributed by atoms with Crippen molar-refractivity contribution < 1.29 is 14.3 Å². The lowest BCUT2D eigenvalue weighted by Gasteiger charge is -2.13. The van der Waals surface area contributed by atoms with Gasteiger partial charge in [-0.1, -0.05) is 54.6 Å². The van der Waals surface area contributed by atoms with E-state index in [9.17, 15) is 4.79 Å². The van der Waals surface area contributed by atoms with E-state index in [4.69, 9.17) is 14.5 Å². The topological polar surface area (TPSA) is 65.4 Å². The summed E-state index contributed by atoms with van der Waals surface area (Å²) in [6.07, 6.45) is 4.94. The second-order valence-corrected chi connectivity index (χ2v) is 8.04. The SMILES string of the molecule is CCOc1ccccc1OCCn1c(CCCNC(=O)/C=C\c2ccccc2)nc2ccccc21. The standard InChI is InChI=1S/C29H31N3O3/c1-2-34-26-15-8-9-16-27(26)35-22-21-32-25-14-7-6-13-24(25)31-28(32)17-10-20-30-29(33)19-18-23-11-4-3-5-12-23/h3-9,11-16,18-19H,2,10,17,20-22H2,1H3,(H,30,33)/b19-18-. The van der Waals surface area contributed by atoms with Crippen LogP contribution in [0.3, 0.4) is 0 Å². The molecule has 4 rings (SSSR count). The van der Waals surface area contributed by atoms with E-state index in [2.05, 4.69) is 16.0 Å². The monoisotopic (exact) mass is 469 g/mol. The smallest absolute Gasteiger partial charge is 0.243 e. The Morgan fingerprint density at radius 2 is 1.66 bits per heavy atom. The van der Waals surface area contributed by atoms with E-state index < -0.39 is 0 Å². The maximum absolute atomic E-state index is 12.1. The number of hydrogen-bond donors (Lipinski definition) is 1. The van der Waals surface area contributed by atoms with Gasteiger partial charge in [-0.15, -0.1) is 0 Å². The number of aromatic nitrogens is 2. The molecule has 0 aliphatic rings. The van der Waals surface area contributed by atoms with Crippen molar-refractivity contribution in [3.63, 3.8) is 0 Å².